The molecule has 0 fully saturated rings. The second-order valence-electron chi connectivity index (χ2n) is 4.76. The lowest BCUT2D eigenvalue weighted by molar-refractivity contribution is -0.123. The molecule has 23 heavy (non-hydrogen) atoms. The molecule has 6 heteroatoms. The summed E-state index contributed by atoms with van der Waals surface area (Å²) in [6.07, 6.45) is 1.56. The van der Waals surface area contributed by atoms with E-state index in [1.54, 1.807) is 37.6 Å². The summed E-state index contributed by atoms with van der Waals surface area (Å²) in [5.41, 5.74) is 4.27. The molecule has 0 saturated carbocycles. The second kappa shape index (κ2) is 8.19. The van der Waals surface area contributed by atoms with Gasteiger partial charge in [0.1, 0.15) is 11.5 Å². The predicted molar refractivity (Wildman–Crippen MR) is 90.4 cm³/mol. The third-order valence-electron chi connectivity index (χ3n) is 3.01. The van der Waals surface area contributed by atoms with Crippen molar-refractivity contribution in [1.82, 2.24) is 5.43 Å². The zero-order valence-electron chi connectivity index (χ0n) is 12.9. The van der Waals surface area contributed by atoms with Gasteiger partial charge in [-0.1, -0.05) is 11.6 Å². The van der Waals surface area contributed by atoms with Crippen LogP contribution in [0.2, 0.25) is 5.02 Å². The van der Waals surface area contributed by atoms with Crippen LogP contribution in [0.25, 0.3) is 0 Å². The standard InChI is InChI=1S/C17H17ClN2O3/c1-12-9-13(3-8-16(12)22-2)10-19-20-17(21)11-23-15-6-4-14(18)5-7-15/h3-10H,11H2,1-2H3,(H,20,21)/b19-10+. The Hall–Kier alpha value is -2.53. The molecule has 1 amide bonds. The summed E-state index contributed by atoms with van der Waals surface area (Å²) in [5.74, 6) is 1.03. The molecule has 0 aliphatic heterocycles. The van der Waals surface area contributed by atoms with Crippen molar-refractivity contribution in [2.45, 2.75) is 6.92 Å². The van der Waals surface area contributed by atoms with Crippen LogP contribution in [0, 0.1) is 6.92 Å². The van der Waals surface area contributed by atoms with Crippen LogP contribution in [0.1, 0.15) is 11.1 Å². The maximum atomic E-state index is 11.6. The molecule has 0 atom stereocenters. The molecule has 0 aliphatic rings. The normalized spacial score (nSPS) is 10.6. The lowest BCUT2D eigenvalue weighted by Gasteiger charge is -2.05. The molecule has 0 radical (unpaired) electrons. The van der Waals surface area contributed by atoms with Gasteiger partial charge in [0, 0.05) is 5.02 Å². The fourth-order valence-electron chi connectivity index (χ4n) is 1.87. The zero-order valence-corrected chi connectivity index (χ0v) is 13.6. The van der Waals surface area contributed by atoms with Crippen molar-refractivity contribution in [2.75, 3.05) is 13.7 Å². The van der Waals surface area contributed by atoms with Crippen molar-refractivity contribution in [1.29, 1.82) is 0 Å². The first-order valence-electron chi connectivity index (χ1n) is 6.93. The van der Waals surface area contributed by atoms with Crippen molar-refractivity contribution in [2.24, 2.45) is 5.10 Å². The van der Waals surface area contributed by atoms with Gasteiger partial charge in [-0.2, -0.15) is 5.10 Å². The molecule has 0 spiro atoms. The Morgan fingerprint density at radius 3 is 2.65 bits per heavy atom. The van der Waals surface area contributed by atoms with Crippen LogP contribution >= 0.6 is 11.6 Å². The number of halogens is 1. The summed E-state index contributed by atoms with van der Waals surface area (Å²) in [5, 5.41) is 4.51. The third-order valence-corrected chi connectivity index (χ3v) is 3.26. The SMILES string of the molecule is COc1ccc(/C=N/NC(=O)COc2ccc(Cl)cc2)cc1C. The van der Waals surface area contributed by atoms with Gasteiger partial charge in [0.25, 0.3) is 5.91 Å². The quantitative estimate of drug-likeness (QED) is 0.653. The summed E-state index contributed by atoms with van der Waals surface area (Å²) in [6.45, 7) is 1.81. The first-order valence-corrected chi connectivity index (χ1v) is 7.31. The summed E-state index contributed by atoms with van der Waals surface area (Å²) in [6, 6.07) is 12.4. The van der Waals surface area contributed by atoms with E-state index in [4.69, 9.17) is 21.1 Å². The Balaban J connectivity index is 1.81. The molecule has 0 aliphatic carbocycles. The van der Waals surface area contributed by atoms with Gasteiger partial charge in [-0.05, 0) is 60.5 Å². The van der Waals surface area contributed by atoms with Crippen molar-refractivity contribution < 1.29 is 14.3 Å². The summed E-state index contributed by atoms with van der Waals surface area (Å²) < 4.78 is 10.5. The van der Waals surface area contributed by atoms with Crippen molar-refractivity contribution >= 4 is 23.7 Å². The molecular formula is C17H17ClN2O3. The monoisotopic (exact) mass is 332 g/mol. The van der Waals surface area contributed by atoms with Gasteiger partial charge >= 0.3 is 0 Å². The minimum Gasteiger partial charge on any atom is -0.496 e. The summed E-state index contributed by atoms with van der Waals surface area (Å²) in [4.78, 5) is 11.6. The number of hydrogen-bond acceptors (Lipinski definition) is 4. The topological polar surface area (TPSA) is 59.9 Å². The van der Waals surface area contributed by atoms with Gasteiger partial charge in [0.05, 0.1) is 13.3 Å². The number of carbonyl (C=O) groups excluding carboxylic acids is 1. The van der Waals surface area contributed by atoms with E-state index < -0.39 is 0 Å². The summed E-state index contributed by atoms with van der Waals surface area (Å²) in [7, 11) is 1.62. The van der Waals surface area contributed by atoms with Crippen LogP contribution < -0.4 is 14.9 Å². The molecule has 0 bridgehead atoms. The van der Waals surface area contributed by atoms with Crippen LogP contribution in [-0.2, 0) is 4.79 Å². The number of aryl methyl sites for hydroxylation is 1. The number of nitrogens with zero attached hydrogens (tertiary/aromatic N) is 1. The number of hydrazone groups is 1. The van der Waals surface area contributed by atoms with Crippen molar-refractivity contribution in [3.63, 3.8) is 0 Å². The van der Waals surface area contributed by atoms with Crippen molar-refractivity contribution in [3.8, 4) is 11.5 Å². The van der Waals surface area contributed by atoms with Crippen LogP contribution in [0.15, 0.2) is 47.6 Å². The summed E-state index contributed by atoms with van der Waals surface area (Å²) >= 11 is 5.77. The van der Waals surface area contributed by atoms with Gasteiger partial charge in [-0.15, -0.1) is 0 Å². The number of hydrogen-bond donors (Lipinski definition) is 1. The van der Waals surface area contributed by atoms with Gasteiger partial charge in [0.15, 0.2) is 6.61 Å². The highest BCUT2D eigenvalue weighted by atomic mass is 35.5. The largest absolute Gasteiger partial charge is 0.496 e. The lowest BCUT2D eigenvalue weighted by atomic mass is 10.1. The van der Waals surface area contributed by atoms with E-state index in [9.17, 15) is 4.79 Å². The van der Waals surface area contributed by atoms with Crippen LogP contribution in [-0.4, -0.2) is 25.8 Å². The molecule has 0 heterocycles. The Kier molecular flexibility index (Phi) is 6.00. The minimum absolute atomic E-state index is 0.124. The van der Waals surface area contributed by atoms with E-state index in [0.717, 1.165) is 16.9 Å². The highest BCUT2D eigenvalue weighted by Gasteiger charge is 2.02. The van der Waals surface area contributed by atoms with E-state index in [0.29, 0.717) is 10.8 Å². The first-order chi connectivity index (χ1) is 11.1. The predicted octanol–water partition coefficient (Wildman–Crippen LogP) is 3.19. The van der Waals surface area contributed by atoms with Gasteiger partial charge in [-0.3, -0.25) is 4.79 Å². The number of carbonyl (C=O) groups is 1. The minimum atomic E-state index is -0.346. The molecule has 0 saturated heterocycles. The van der Waals surface area contributed by atoms with Gasteiger partial charge in [-0.25, -0.2) is 5.43 Å². The number of rotatable bonds is 6. The Labute approximate surface area is 139 Å². The molecule has 5 nitrogen and oxygen atoms in total. The van der Waals surface area contributed by atoms with Crippen LogP contribution in [0.5, 0.6) is 11.5 Å². The Morgan fingerprint density at radius 1 is 1.26 bits per heavy atom. The van der Waals surface area contributed by atoms with E-state index in [-0.39, 0.29) is 12.5 Å². The number of nitrogens with one attached hydrogen (secondary N) is 1. The molecule has 0 aromatic heterocycles. The average molecular weight is 333 g/mol. The third kappa shape index (κ3) is 5.30. The molecule has 2 rings (SSSR count). The van der Waals surface area contributed by atoms with E-state index in [1.807, 2.05) is 25.1 Å². The van der Waals surface area contributed by atoms with Crippen LogP contribution in [0.3, 0.4) is 0 Å². The zero-order chi connectivity index (χ0) is 16.7. The molecule has 0 unspecified atom stereocenters. The molecule has 2 aromatic carbocycles. The number of ether oxygens (including phenoxy) is 2. The van der Waals surface area contributed by atoms with Crippen LogP contribution in [0.4, 0.5) is 0 Å². The van der Waals surface area contributed by atoms with E-state index in [1.165, 1.54) is 0 Å². The Morgan fingerprint density at radius 2 is 2.00 bits per heavy atom. The maximum absolute atomic E-state index is 11.6. The number of methoxy groups -OCH3 is 1. The second-order valence-corrected chi connectivity index (χ2v) is 5.20. The highest BCUT2D eigenvalue weighted by molar-refractivity contribution is 6.30. The number of amides is 1. The highest BCUT2D eigenvalue weighted by Crippen LogP contribution is 2.17. The molecule has 1 N–H and O–H groups in total. The fourth-order valence-corrected chi connectivity index (χ4v) is 2.00. The lowest BCUT2D eigenvalue weighted by Crippen LogP contribution is -2.24. The molecule has 120 valence electrons. The molecule has 2 aromatic rings. The van der Waals surface area contributed by atoms with E-state index in [2.05, 4.69) is 10.5 Å². The van der Waals surface area contributed by atoms with E-state index >= 15 is 0 Å². The fraction of sp³-hybridized carbons (Fsp3) is 0.176. The molecular weight excluding hydrogens is 316 g/mol. The number of benzene rings is 2. The smallest absolute Gasteiger partial charge is 0.277 e. The van der Waals surface area contributed by atoms with Gasteiger partial charge in [0.2, 0.25) is 0 Å². The van der Waals surface area contributed by atoms with Gasteiger partial charge < -0.3 is 9.47 Å². The van der Waals surface area contributed by atoms with Crippen molar-refractivity contribution in [3.05, 3.63) is 58.6 Å². The first kappa shape index (κ1) is 16.8. The maximum Gasteiger partial charge on any atom is 0.277 e. The Bertz CT molecular complexity index is 699. The average Bonchev–Trinajstić information content (AvgIpc) is 2.54.